The van der Waals surface area contributed by atoms with Crippen molar-refractivity contribution in [3.8, 4) is 5.75 Å². The fraction of sp³-hybridized carbons (Fsp3) is 0.188. The summed E-state index contributed by atoms with van der Waals surface area (Å²) in [5.41, 5.74) is -0.0868. The van der Waals surface area contributed by atoms with Gasteiger partial charge in [0.2, 0.25) is 0 Å². The van der Waals surface area contributed by atoms with Crippen LogP contribution in [0.25, 0.3) is 0 Å². The number of hydrogen-bond acceptors (Lipinski definition) is 2. The summed E-state index contributed by atoms with van der Waals surface area (Å²) in [4.78, 5) is 11.6. The predicted octanol–water partition coefficient (Wildman–Crippen LogP) is 4.21. The number of para-hydroxylation sites is 1. The van der Waals surface area contributed by atoms with E-state index < -0.39 is 17.7 Å². The van der Waals surface area contributed by atoms with Gasteiger partial charge in [-0.25, -0.2) is 13.6 Å². The van der Waals surface area contributed by atoms with E-state index in [-0.39, 0.29) is 5.69 Å². The molecule has 0 aliphatic heterocycles. The molecule has 0 aliphatic rings. The molecular weight excluding hydrogens is 326 g/mol. The second-order valence-electron chi connectivity index (χ2n) is 4.64. The topological polar surface area (TPSA) is 50.4 Å². The van der Waals surface area contributed by atoms with E-state index in [2.05, 4.69) is 10.6 Å². The first-order valence-electron chi connectivity index (χ1n) is 6.93. The molecule has 0 atom stereocenters. The number of urea groups is 1. The molecule has 0 aromatic heterocycles. The first-order chi connectivity index (χ1) is 11.1. The molecule has 2 N–H and O–H groups in total. The Morgan fingerprint density at radius 2 is 1.96 bits per heavy atom. The van der Waals surface area contributed by atoms with Crippen LogP contribution in [0.2, 0.25) is 5.02 Å². The van der Waals surface area contributed by atoms with Crippen LogP contribution in [0.5, 0.6) is 5.75 Å². The standard InChI is InChI=1S/C16H15ClF2N2O2/c17-12-4-1-2-5-15(12)23-9-3-8-20-16(22)21-14-7-6-11(18)10-13(14)19/h1-2,4-7,10H,3,8-9H2,(H2,20,21,22). The monoisotopic (exact) mass is 340 g/mol. The van der Waals surface area contributed by atoms with E-state index >= 15 is 0 Å². The summed E-state index contributed by atoms with van der Waals surface area (Å²) in [6.45, 7) is 0.702. The van der Waals surface area contributed by atoms with Crippen LogP contribution in [-0.4, -0.2) is 19.2 Å². The Labute approximate surface area is 137 Å². The molecule has 0 aliphatic carbocycles. The minimum Gasteiger partial charge on any atom is -0.492 e. The number of carbonyl (C=O) groups is 1. The van der Waals surface area contributed by atoms with E-state index in [0.29, 0.717) is 36.4 Å². The van der Waals surface area contributed by atoms with Gasteiger partial charge in [0, 0.05) is 12.6 Å². The fourth-order valence-electron chi connectivity index (χ4n) is 1.78. The van der Waals surface area contributed by atoms with Crippen molar-refractivity contribution in [2.24, 2.45) is 0 Å². The van der Waals surface area contributed by atoms with Gasteiger partial charge in [0.1, 0.15) is 17.4 Å². The van der Waals surface area contributed by atoms with E-state index in [1.54, 1.807) is 18.2 Å². The Kier molecular flexibility index (Phi) is 6.17. The zero-order valence-corrected chi connectivity index (χ0v) is 12.9. The van der Waals surface area contributed by atoms with Crippen LogP contribution in [0, 0.1) is 11.6 Å². The second-order valence-corrected chi connectivity index (χ2v) is 5.04. The molecule has 0 saturated heterocycles. The lowest BCUT2D eigenvalue weighted by atomic mass is 10.3. The molecule has 0 heterocycles. The van der Waals surface area contributed by atoms with Crippen molar-refractivity contribution in [2.75, 3.05) is 18.5 Å². The molecule has 0 spiro atoms. The van der Waals surface area contributed by atoms with Crippen molar-refractivity contribution >= 4 is 23.3 Å². The maximum absolute atomic E-state index is 13.4. The lowest BCUT2D eigenvalue weighted by Crippen LogP contribution is -2.30. The van der Waals surface area contributed by atoms with Crippen LogP contribution in [-0.2, 0) is 0 Å². The largest absolute Gasteiger partial charge is 0.492 e. The summed E-state index contributed by atoms with van der Waals surface area (Å²) in [7, 11) is 0. The fourth-order valence-corrected chi connectivity index (χ4v) is 1.97. The van der Waals surface area contributed by atoms with Crippen molar-refractivity contribution in [1.82, 2.24) is 5.32 Å². The molecule has 0 bridgehead atoms. The number of carbonyl (C=O) groups excluding carboxylic acids is 1. The summed E-state index contributed by atoms with van der Waals surface area (Å²) in [6, 6.07) is 9.43. The maximum atomic E-state index is 13.4. The highest BCUT2D eigenvalue weighted by molar-refractivity contribution is 6.32. The SMILES string of the molecule is O=C(NCCCOc1ccccc1Cl)Nc1ccc(F)cc1F. The van der Waals surface area contributed by atoms with Gasteiger partial charge in [-0.3, -0.25) is 0 Å². The highest BCUT2D eigenvalue weighted by atomic mass is 35.5. The van der Waals surface area contributed by atoms with Crippen LogP contribution in [0.15, 0.2) is 42.5 Å². The van der Waals surface area contributed by atoms with Gasteiger partial charge in [-0.1, -0.05) is 23.7 Å². The number of rotatable bonds is 6. The average molecular weight is 341 g/mol. The van der Waals surface area contributed by atoms with Gasteiger partial charge < -0.3 is 15.4 Å². The zero-order valence-electron chi connectivity index (χ0n) is 12.1. The normalized spacial score (nSPS) is 10.2. The molecule has 23 heavy (non-hydrogen) atoms. The molecule has 2 aromatic carbocycles. The molecule has 2 rings (SSSR count). The Bertz CT molecular complexity index is 683. The van der Waals surface area contributed by atoms with Crippen LogP contribution >= 0.6 is 11.6 Å². The second kappa shape index (κ2) is 8.33. The minimum absolute atomic E-state index is 0.0868. The third kappa shape index (κ3) is 5.41. The number of amides is 2. The van der Waals surface area contributed by atoms with Gasteiger partial charge in [-0.2, -0.15) is 0 Å². The number of hydrogen-bond donors (Lipinski definition) is 2. The van der Waals surface area contributed by atoms with Crippen molar-refractivity contribution in [2.45, 2.75) is 6.42 Å². The van der Waals surface area contributed by atoms with E-state index in [1.807, 2.05) is 6.07 Å². The first kappa shape index (κ1) is 17.0. The minimum atomic E-state index is -0.831. The molecule has 0 fully saturated rings. The molecule has 2 amide bonds. The lowest BCUT2D eigenvalue weighted by molar-refractivity contribution is 0.250. The van der Waals surface area contributed by atoms with E-state index in [1.165, 1.54) is 0 Å². The predicted molar refractivity (Wildman–Crippen MR) is 84.9 cm³/mol. The lowest BCUT2D eigenvalue weighted by Gasteiger charge is -2.10. The van der Waals surface area contributed by atoms with Crippen molar-refractivity contribution in [1.29, 1.82) is 0 Å². The maximum Gasteiger partial charge on any atom is 0.319 e. The van der Waals surface area contributed by atoms with Crippen LogP contribution in [0.3, 0.4) is 0 Å². The molecular formula is C16H15ClF2N2O2. The third-order valence-electron chi connectivity index (χ3n) is 2.88. The Hall–Kier alpha value is -2.34. The summed E-state index contributed by atoms with van der Waals surface area (Å²) in [5, 5.41) is 5.37. The number of ether oxygens (including phenoxy) is 1. The number of benzene rings is 2. The van der Waals surface area contributed by atoms with E-state index in [0.717, 1.165) is 12.1 Å². The molecule has 122 valence electrons. The Morgan fingerprint density at radius 3 is 2.70 bits per heavy atom. The molecule has 4 nitrogen and oxygen atoms in total. The van der Waals surface area contributed by atoms with Gasteiger partial charge in [0.05, 0.1) is 17.3 Å². The van der Waals surface area contributed by atoms with Gasteiger partial charge in [0.15, 0.2) is 0 Å². The van der Waals surface area contributed by atoms with Crippen LogP contribution in [0.4, 0.5) is 19.3 Å². The number of nitrogens with one attached hydrogen (secondary N) is 2. The number of halogens is 3. The van der Waals surface area contributed by atoms with E-state index in [9.17, 15) is 13.6 Å². The molecule has 7 heteroatoms. The summed E-state index contributed by atoms with van der Waals surface area (Å²) in [5.74, 6) is -0.959. The summed E-state index contributed by atoms with van der Waals surface area (Å²) < 4.78 is 31.6. The molecule has 0 unspecified atom stereocenters. The Morgan fingerprint density at radius 1 is 1.17 bits per heavy atom. The summed E-state index contributed by atoms with van der Waals surface area (Å²) >= 11 is 5.94. The highest BCUT2D eigenvalue weighted by Gasteiger charge is 2.07. The van der Waals surface area contributed by atoms with Crippen molar-refractivity contribution in [3.63, 3.8) is 0 Å². The Balaban J connectivity index is 1.68. The van der Waals surface area contributed by atoms with Gasteiger partial charge in [0.25, 0.3) is 0 Å². The van der Waals surface area contributed by atoms with Gasteiger partial charge in [-0.15, -0.1) is 0 Å². The van der Waals surface area contributed by atoms with Gasteiger partial charge in [-0.05, 0) is 30.7 Å². The molecule has 0 saturated carbocycles. The average Bonchev–Trinajstić information content (AvgIpc) is 2.51. The van der Waals surface area contributed by atoms with Gasteiger partial charge >= 0.3 is 6.03 Å². The summed E-state index contributed by atoms with van der Waals surface area (Å²) in [6.07, 6.45) is 0.546. The molecule has 0 radical (unpaired) electrons. The van der Waals surface area contributed by atoms with Crippen molar-refractivity contribution in [3.05, 3.63) is 59.1 Å². The highest BCUT2D eigenvalue weighted by Crippen LogP contribution is 2.23. The van der Waals surface area contributed by atoms with E-state index in [4.69, 9.17) is 16.3 Å². The zero-order chi connectivity index (χ0) is 16.7. The smallest absolute Gasteiger partial charge is 0.319 e. The first-order valence-corrected chi connectivity index (χ1v) is 7.31. The van der Waals surface area contributed by atoms with Crippen LogP contribution < -0.4 is 15.4 Å². The molecule has 2 aromatic rings. The quantitative estimate of drug-likeness (QED) is 0.774. The number of anilines is 1. The van der Waals surface area contributed by atoms with Crippen molar-refractivity contribution < 1.29 is 18.3 Å². The van der Waals surface area contributed by atoms with Crippen LogP contribution in [0.1, 0.15) is 6.42 Å². The third-order valence-corrected chi connectivity index (χ3v) is 3.19.